The van der Waals surface area contributed by atoms with Gasteiger partial charge in [-0.3, -0.25) is 4.79 Å². The number of nitrogens with one attached hydrogen (secondary N) is 2. The van der Waals surface area contributed by atoms with Crippen LogP contribution in [-0.2, 0) is 13.6 Å². The summed E-state index contributed by atoms with van der Waals surface area (Å²) in [5, 5.41) is 10.2. The number of imidazole rings is 1. The van der Waals surface area contributed by atoms with E-state index in [1.54, 1.807) is 6.07 Å². The standard InChI is InChI=1S/C15H22N6O/c1-20-11-17-10-13(20)9-16-8-12-4-2-3-7-21(12)14-5-6-15(22)19-18-14/h5-6,10-12,16H,2-4,7-9H2,1H3,(H,19,22). The van der Waals surface area contributed by atoms with Crippen LogP contribution in [0.1, 0.15) is 25.0 Å². The Morgan fingerprint density at radius 3 is 3.05 bits per heavy atom. The van der Waals surface area contributed by atoms with E-state index in [0.29, 0.717) is 6.04 Å². The summed E-state index contributed by atoms with van der Waals surface area (Å²) in [7, 11) is 2.00. The Kier molecular flexibility index (Phi) is 4.53. The number of nitrogens with zero attached hydrogens (tertiary/aromatic N) is 4. The van der Waals surface area contributed by atoms with Gasteiger partial charge in [-0.2, -0.15) is 5.10 Å². The third kappa shape index (κ3) is 3.36. The topological polar surface area (TPSA) is 78.8 Å². The molecule has 0 amide bonds. The van der Waals surface area contributed by atoms with Crippen molar-refractivity contribution in [2.45, 2.75) is 31.8 Å². The molecule has 0 saturated carbocycles. The third-order valence-electron chi connectivity index (χ3n) is 4.19. The minimum absolute atomic E-state index is 0.161. The van der Waals surface area contributed by atoms with E-state index >= 15 is 0 Å². The average molecular weight is 302 g/mol. The second-order valence-corrected chi connectivity index (χ2v) is 5.75. The van der Waals surface area contributed by atoms with Gasteiger partial charge in [0.2, 0.25) is 0 Å². The van der Waals surface area contributed by atoms with E-state index in [1.165, 1.54) is 24.6 Å². The molecule has 22 heavy (non-hydrogen) atoms. The van der Waals surface area contributed by atoms with Crippen LogP contribution in [0.4, 0.5) is 5.82 Å². The first-order valence-electron chi connectivity index (χ1n) is 7.72. The molecule has 3 rings (SSSR count). The van der Waals surface area contributed by atoms with E-state index in [0.717, 1.165) is 31.9 Å². The average Bonchev–Trinajstić information content (AvgIpc) is 2.94. The van der Waals surface area contributed by atoms with Crippen molar-refractivity contribution in [2.75, 3.05) is 18.0 Å². The molecule has 0 aliphatic carbocycles. The van der Waals surface area contributed by atoms with Gasteiger partial charge in [-0.25, -0.2) is 10.1 Å². The van der Waals surface area contributed by atoms with Gasteiger partial charge in [-0.15, -0.1) is 0 Å². The maximum atomic E-state index is 11.2. The van der Waals surface area contributed by atoms with Crippen LogP contribution in [0.5, 0.6) is 0 Å². The number of rotatable bonds is 5. The van der Waals surface area contributed by atoms with E-state index < -0.39 is 0 Å². The van der Waals surface area contributed by atoms with Crippen LogP contribution >= 0.6 is 0 Å². The minimum atomic E-state index is -0.161. The lowest BCUT2D eigenvalue weighted by Crippen LogP contribution is -2.46. The van der Waals surface area contributed by atoms with Crippen molar-refractivity contribution < 1.29 is 0 Å². The van der Waals surface area contributed by atoms with Crippen LogP contribution in [0.25, 0.3) is 0 Å². The van der Waals surface area contributed by atoms with Gasteiger partial charge >= 0.3 is 0 Å². The van der Waals surface area contributed by atoms with Gasteiger partial charge in [0.15, 0.2) is 0 Å². The number of aromatic amines is 1. The highest BCUT2D eigenvalue weighted by Gasteiger charge is 2.23. The normalized spacial score (nSPS) is 18.6. The fraction of sp³-hybridized carbons (Fsp3) is 0.533. The summed E-state index contributed by atoms with van der Waals surface area (Å²) in [4.78, 5) is 17.6. The predicted octanol–water partition coefficient (Wildman–Crippen LogP) is 0.652. The van der Waals surface area contributed by atoms with Gasteiger partial charge in [0.1, 0.15) is 5.82 Å². The van der Waals surface area contributed by atoms with Crippen LogP contribution in [0.3, 0.4) is 0 Å². The van der Waals surface area contributed by atoms with E-state index in [9.17, 15) is 4.79 Å². The molecule has 1 unspecified atom stereocenters. The maximum Gasteiger partial charge on any atom is 0.264 e. The van der Waals surface area contributed by atoms with Crippen molar-refractivity contribution >= 4 is 5.82 Å². The van der Waals surface area contributed by atoms with E-state index in [2.05, 4.69) is 25.4 Å². The van der Waals surface area contributed by atoms with Gasteiger partial charge in [0.05, 0.1) is 12.0 Å². The molecule has 0 bridgehead atoms. The number of aromatic nitrogens is 4. The van der Waals surface area contributed by atoms with Crippen LogP contribution in [0, 0.1) is 0 Å². The number of piperidine rings is 1. The number of aryl methyl sites for hydroxylation is 1. The molecule has 1 fully saturated rings. The van der Waals surface area contributed by atoms with Gasteiger partial charge in [-0.1, -0.05) is 0 Å². The molecule has 0 spiro atoms. The first-order chi connectivity index (χ1) is 10.7. The second-order valence-electron chi connectivity index (χ2n) is 5.75. The first-order valence-corrected chi connectivity index (χ1v) is 7.72. The predicted molar refractivity (Wildman–Crippen MR) is 84.8 cm³/mol. The monoisotopic (exact) mass is 302 g/mol. The fourth-order valence-electron chi connectivity index (χ4n) is 2.93. The summed E-state index contributed by atoms with van der Waals surface area (Å²) in [6.45, 7) is 2.68. The Bertz CT molecular complexity index is 644. The van der Waals surface area contributed by atoms with Crippen molar-refractivity contribution in [1.29, 1.82) is 0 Å². The van der Waals surface area contributed by atoms with Gasteiger partial charge < -0.3 is 14.8 Å². The molecule has 7 heteroatoms. The van der Waals surface area contributed by atoms with Crippen molar-refractivity contribution in [1.82, 2.24) is 25.1 Å². The van der Waals surface area contributed by atoms with Crippen LogP contribution in [-0.4, -0.2) is 38.9 Å². The minimum Gasteiger partial charge on any atom is -0.351 e. The van der Waals surface area contributed by atoms with Crippen molar-refractivity contribution in [3.05, 3.63) is 40.7 Å². The molecule has 118 valence electrons. The molecule has 1 aliphatic heterocycles. The summed E-state index contributed by atoms with van der Waals surface area (Å²) in [5.74, 6) is 0.853. The Hall–Kier alpha value is -2.15. The highest BCUT2D eigenvalue weighted by molar-refractivity contribution is 5.38. The summed E-state index contributed by atoms with van der Waals surface area (Å²) in [6.07, 6.45) is 7.24. The van der Waals surface area contributed by atoms with Crippen LogP contribution in [0.2, 0.25) is 0 Å². The molecular weight excluding hydrogens is 280 g/mol. The summed E-state index contributed by atoms with van der Waals surface area (Å²) in [6, 6.07) is 3.75. The Labute approximate surface area is 129 Å². The zero-order valence-electron chi connectivity index (χ0n) is 12.8. The molecule has 1 atom stereocenters. The number of hydrogen-bond acceptors (Lipinski definition) is 5. The summed E-state index contributed by atoms with van der Waals surface area (Å²) < 4.78 is 2.02. The van der Waals surface area contributed by atoms with Gasteiger partial charge in [0.25, 0.3) is 5.56 Å². The summed E-state index contributed by atoms with van der Waals surface area (Å²) >= 11 is 0. The van der Waals surface area contributed by atoms with Crippen molar-refractivity contribution in [3.8, 4) is 0 Å². The second kappa shape index (κ2) is 6.74. The third-order valence-corrected chi connectivity index (χ3v) is 4.19. The smallest absolute Gasteiger partial charge is 0.264 e. The van der Waals surface area contributed by atoms with Crippen LogP contribution < -0.4 is 15.8 Å². The summed E-state index contributed by atoms with van der Waals surface area (Å²) in [5.41, 5.74) is 1.01. The lowest BCUT2D eigenvalue weighted by atomic mass is 10.0. The first kappa shape index (κ1) is 14.8. The van der Waals surface area contributed by atoms with E-state index in [-0.39, 0.29) is 5.56 Å². The van der Waals surface area contributed by atoms with Gasteiger partial charge in [-0.05, 0) is 25.3 Å². The van der Waals surface area contributed by atoms with E-state index in [1.807, 2.05) is 24.1 Å². The molecule has 2 aromatic rings. The maximum absolute atomic E-state index is 11.2. The number of H-pyrrole nitrogens is 1. The van der Waals surface area contributed by atoms with E-state index in [4.69, 9.17) is 0 Å². The van der Waals surface area contributed by atoms with Crippen molar-refractivity contribution in [3.63, 3.8) is 0 Å². The quantitative estimate of drug-likeness (QED) is 0.848. The zero-order valence-corrected chi connectivity index (χ0v) is 12.8. The molecule has 2 aromatic heterocycles. The van der Waals surface area contributed by atoms with Crippen LogP contribution in [0.15, 0.2) is 29.5 Å². The highest BCUT2D eigenvalue weighted by atomic mass is 16.1. The molecular formula is C15H22N6O. The number of anilines is 1. The fourth-order valence-corrected chi connectivity index (χ4v) is 2.93. The largest absolute Gasteiger partial charge is 0.351 e. The molecule has 1 saturated heterocycles. The Balaban J connectivity index is 1.61. The molecule has 2 N–H and O–H groups in total. The zero-order chi connectivity index (χ0) is 15.4. The van der Waals surface area contributed by atoms with Gasteiger partial charge in [0, 0.05) is 45.0 Å². The number of hydrogen-bond donors (Lipinski definition) is 2. The molecule has 7 nitrogen and oxygen atoms in total. The lowest BCUT2D eigenvalue weighted by molar-refractivity contribution is 0.429. The molecule has 1 aliphatic rings. The lowest BCUT2D eigenvalue weighted by Gasteiger charge is -2.36. The molecule has 0 radical (unpaired) electrons. The Morgan fingerprint density at radius 1 is 1.41 bits per heavy atom. The highest BCUT2D eigenvalue weighted by Crippen LogP contribution is 2.21. The molecule has 0 aromatic carbocycles. The molecule has 3 heterocycles. The SMILES string of the molecule is Cn1cncc1CNCC1CCCCN1c1ccc(=O)[nH]n1. The van der Waals surface area contributed by atoms with Crippen molar-refractivity contribution in [2.24, 2.45) is 7.05 Å². The Morgan fingerprint density at radius 2 is 2.32 bits per heavy atom.